The van der Waals surface area contributed by atoms with Crippen molar-refractivity contribution in [3.8, 4) is 11.5 Å². The van der Waals surface area contributed by atoms with Crippen LogP contribution in [0.3, 0.4) is 0 Å². The highest BCUT2D eigenvalue weighted by molar-refractivity contribution is 5.75. The molecule has 29 heavy (non-hydrogen) atoms. The van der Waals surface area contributed by atoms with Crippen molar-refractivity contribution in [3.63, 3.8) is 0 Å². The smallest absolute Gasteiger partial charge is 0.150 e. The topological polar surface area (TPSA) is 34.0 Å². The Balaban J connectivity index is 1.34. The van der Waals surface area contributed by atoms with Crippen LogP contribution in [0.15, 0.2) is 78.9 Å². The van der Waals surface area contributed by atoms with Crippen molar-refractivity contribution in [3.05, 3.63) is 90.0 Å². The Labute approximate surface area is 172 Å². The number of hydrogen-bond donors (Lipinski definition) is 1. The highest BCUT2D eigenvalue weighted by atomic mass is 16.5. The molecule has 0 aromatic heterocycles. The van der Waals surface area contributed by atoms with E-state index in [0.717, 1.165) is 49.5 Å². The molecule has 1 atom stereocenters. The second kappa shape index (κ2) is 8.93. The number of anilines is 1. The van der Waals surface area contributed by atoms with Crippen molar-refractivity contribution in [2.75, 3.05) is 31.1 Å². The molecule has 0 spiro atoms. The molecular formula is C25H27N2O2+. The molecule has 0 bridgehead atoms. The fourth-order valence-electron chi connectivity index (χ4n) is 3.93. The van der Waals surface area contributed by atoms with Crippen molar-refractivity contribution in [2.45, 2.75) is 13.0 Å². The molecule has 4 heteroatoms. The number of piperazine rings is 1. The zero-order chi connectivity index (χ0) is 20.1. The maximum atomic E-state index is 10.8. The van der Waals surface area contributed by atoms with Gasteiger partial charge in [-0.1, -0.05) is 18.2 Å². The maximum Gasteiger partial charge on any atom is 0.150 e. The van der Waals surface area contributed by atoms with Crippen LogP contribution in [0, 0.1) is 0 Å². The van der Waals surface area contributed by atoms with Crippen LogP contribution in [0.2, 0.25) is 0 Å². The summed E-state index contributed by atoms with van der Waals surface area (Å²) in [5, 5.41) is 0. The Morgan fingerprint density at radius 3 is 2.10 bits per heavy atom. The summed E-state index contributed by atoms with van der Waals surface area (Å²) >= 11 is 0. The summed E-state index contributed by atoms with van der Waals surface area (Å²) in [6, 6.07) is 26.7. The number of nitrogens with one attached hydrogen (secondary N) is 1. The van der Waals surface area contributed by atoms with Gasteiger partial charge in [-0.3, -0.25) is 4.79 Å². The van der Waals surface area contributed by atoms with Crippen molar-refractivity contribution in [1.29, 1.82) is 0 Å². The van der Waals surface area contributed by atoms with Gasteiger partial charge < -0.3 is 14.5 Å². The van der Waals surface area contributed by atoms with Gasteiger partial charge in [-0.2, -0.15) is 0 Å². The maximum absolute atomic E-state index is 10.8. The number of rotatable bonds is 6. The van der Waals surface area contributed by atoms with Crippen LogP contribution in [0.5, 0.6) is 11.5 Å². The van der Waals surface area contributed by atoms with Gasteiger partial charge in [0.25, 0.3) is 0 Å². The summed E-state index contributed by atoms with van der Waals surface area (Å²) in [4.78, 5) is 14.8. The molecule has 1 aliphatic heterocycles. The van der Waals surface area contributed by atoms with Gasteiger partial charge in [0.05, 0.1) is 26.2 Å². The summed E-state index contributed by atoms with van der Waals surface area (Å²) in [7, 11) is 0. The first-order valence-corrected chi connectivity index (χ1v) is 10.2. The molecule has 0 aliphatic carbocycles. The third-order valence-corrected chi connectivity index (χ3v) is 5.77. The third-order valence-electron chi connectivity index (χ3n) is 5.77. The molecule has 1 fully saturated rings. The summed E-state index contributed by atoms with van der Waals surface area (Å²) < 4.78 is 5.90. The molecule has 4 nitrogen and oxygen atoms in total. The number of carbonyl (C=O) groups excluding carboxylic acids is 1. The number of para-hydroxylation sites is 1. The van der Waals surface area contributed by atoms with E-state index in [1.54, 1.807) is 4.90 Å². The van der Waals surface area contributed by atoms with E-state index in [4.69, 9.17) is 4.74 Å². The van der Waals surface area contributed by atoms with Crippen LogP contribution < -0.4 is 14.5 Å². The van der Waals surface area contributed by atoms with Gasteiger partial charge in [0.1, 0.15) is 23.8 Å². The molecule has 0 radical (unpaired) electrons. The van der Waals surface area contributed by atoms with Gasteiger partial charge >= 0.3 is 0 Å². The Bertz CT molecular complexity index is 915. The normalized spacial score (nSPS) is 15.7. The lowest BCUT2D eigenvalue weighted by molar-refractivity contribution is -0.930. The largest absolute Gasteiger partial charge is 0.457 e. The van der Waals surface area contributed by atoms with Gasteiger partial charge in [-0.15, -0.1) is 0 Å². The monoisotopic (exact) mass is 387 g/mol. The summed E-state index contributed by atoms with van der Waals surface area (Å²) in [6.45, 7) is 6.54. The zero-order valence-corrected chi connectivity index (χ0v) is 16.8. The number of nitrogens with zero attached hydrogens (tertiary/aromatic N) is 1. The average molecular weight is 388 g/mol. The Morgan fingerprint density at radius 1 is 0.862 bits per heavy atom. The minimum absolute atomic E-state index is 0.445. The average Bonchev–Trinajstić information content (AvgIpc) is 2.80. The first-order valence-electron chi connectivity index (χ1n) is 10.2. The van der Waals surface area contributed by atoms with Gasteiger partial charge in [0.2, 0.25) is 0 Å². The van der Waals surface area contributed by atoms with E-state index in [1.807, 2.05) is 54.6 Å². The van der Waals surface area contributed by atoms with E-state index in [2.05, 4.69) is 36.1 Å². The molecule has 1 heterocycles. The molecule has 0 unspecified atom stereocenters. The molecule has 0 amide bonds. The van der Waals surface area contributed by atoms with Crippen molar-refractivity contribution in [2.24, 2.45) is 0 Å². The first-order chi connectivity index (χ1) is 14.2. The van der Waals surface area contributed by atoms with Crippen molar-refractivity contribution in [1.82, 2.24) is 0 Å². The van der Waals surface area contributed by atoms with Crippen molar-refractivity contribution >= 4 is 12.0 Å². The zero-order valence-electron chi connectivity index (χ0n) is 16.8. The van der Waals surface area contributed by atoms with Gasteiger partial charge in [0.15, 0.2) is 0 Å². The fraction of sp³-hybridized carbons (Fsp3) is 0.240. The SMILES string of the molecule is C[C@H](c1ccc(Oc2ccccc2)cc1)[NH+]1CCN(c2ccc(C=O)cc2)CC1. The number of ether oxygens (including phenoxy) is 1. The molecule has 4 rings (SSSR count). The summed E-state index contributed by atoms with van der Waals surface area (Å²) in [5.41, 5.74) is 3.26. The number of hydrogen-bond acceptors (Lipinski definition) is 3. The van der Waals surface area contributed by atoms with Crippen LogP contribution in [-0.2, 0) is 0 Å². The molecular weight excluding hydrogens is 360 g/mol. The molecule has 148 valence electrons. The van der Waals surface area contributed by atoms with Crippen LogP contribution in [0.25, 0.3) is 0 Å². The summed E-state index contributed by atoms with van der Waals surface area (Å²) in [5.74, 6) is 1.72. The highest BCUT2D eigenvalue weighted by Crippen LogP contribution is 2.23. The molecule has 1 N–H and O–H groups in total. The Kier molecular flexibility index (Phi) is 5.92. The fourth-order valence-corrected chi connectivity index (χ4v) is 3.93. The molecule has 0 saturated carbocycles. The predicted octanol–water partition coefficient (Wildman–Crippen LogP) is 3.76. The van der Waals surface area contributed by atoms with Crippen LogP contribution in [0.4, 0.5) is 5.69 Å². The van der Waals surface area contributed by atoms with E-state index < -0.39 is 0 Å². The second-order valence-electron chi connectivity index (χ2n) is 7.56. The highest BCUT2D eigenvalue weighted by Gasteiger charge is 2.25. The Morgan fingerprint density at radius 2 is 1.48 bits per heavy atom. The van der Waals surface area contributed by atoms with Gasteiger partial charge in [-0.05, 0) is 67.6 Å². The predicted molar refractivity (Wildman–Crippen MR) is 116 cm³/mol. The minimum Gasteiger partial charge on any atom is -0.457 e. The number of benzene rings is 3. The lowest BCUT2D eigenvalue weighted by atomic mass is 10.1. The lowest BCUT2D eigenvalue weighted by Crippen LogP contribution is -3.14. The molecule has 3 aromatic carbocycles. The molecule has 1 aliphatic rings. The van der Waals surface area contributed by atoms with E-state index >= 15 is 0 Å². The van der Waals surface area contributed by atoms with E-state index in [9.17, 15) is 4.79 Å². The number of carbonyl (C=O) groups is 1. The molecule has 1 saturated heterocycles. The van der Waals surface area contributed by atoms with Crippen LogP contribution >= 0.6 is 0 Å². The Hall–Kier alpha value is -3.11. The third kappa shape index (κ3) is 4.66. The first kappa shape index (κ1) is 19.2. The lowest BCUT2D eigenvalue weighted by Gasteiger charge is -2.36. The second-order valence-corrected chi connectivity index (χ2v) is 7.56. The number of aldehydes is 1. The summed E-state index contributed by atoms with van der Waals surface area (Å²) in [6.07, 6.45) is 0.893. The van der Waals surface area contributed by atoms with E-state index in [1.165, 1.54) is 11.3 Å². The van der Waals surface area contributed by atoms with Crippen LogP contribution in [-0.4, -0.2) is 32.5 Å². The quantitative estimate of drug-likeness (QED) is 0.654. The standard InChI is InChI=1S/C25H26N2O2/c1-20(22-9-13-25(14-10-22)29-24-5-3-2-4-6-24)26-15-17-27(18-16-26)23-11-7-21(19-28)8-12-23/h2-14,19-20H,15-18H2,1H3/p+1/t20-/m1/s1. The minimum atomic E-state index is 0.445. The van der Waals surface area contributed by atoms with E-state index in [0.29, 0.717) is 6.04 Å². The van der Waals surface area contributed by atoms with Crippen LogP contribution in [0.1, 0.15) is 28.9 Å². The number of quaternary nitrogens is 1. The van der Waals surface area contributed by atoms with Crippen molar-refractivity contribution < 1.29 is 14.4 Å². The van der Waals surface area contributed by atoms with E-state index in [-0.39, 0.29) is 0 Å². The van der Waals surface area contributed by atoms with Gasteiger partial charge in [0, 0.05) is 16.8 Å². The van der Waals surface area contributed by atoms with Gasteiger partial charge in [-0.25, -0.2) is 0 Å². The molecule has 3 aromatic rings.